The number of carbonyl (C=O) groups excluding carboxylic acids is 2. The summed E-state index contributed by atoms with van der Waals surface area (Å²) in [5, 5.41) is 6.10. The van der Waals surface area contributed by atoms with Crippen LogP contribution in [0.4, 0.5) is 4.79 Å². The zero-order valence-electron chi connectivity index (χ0n) is 13.8. The van der Waals surface area contributed by atoms with Crippen molar-refractivity contribution in [2.24, 2.45) is 0 Å². The number of imide groups is 1. The second-order valence-electron chi connectivity index (χ2n) is 6.00. The lowest BCUT2D eigenvalue weighted by Crippen LogP contribution is -2.17. The van der Waals surface area contributed by atoms with Gasteiger partial charge in [0.1, 0.15) is 6.33 Å². The molecule has 130 valence electrons. The van der Waals surface area contributed by atoms with Crippen molar-refractivity contribution in [3.05, 3.63) is 64.6 Å². The number of carbonyl (C=O) groups is 2. The van der Waals surface area contributed by atoms with Gasteiger partial charge in [0.15, 0.2) is 0 Å². The van der Waals surface area contributed by atoms with Gasteiger partial charge in [-0.05, 0) is 41.6 Å². The maximum Gasteiger partial charge on any atom is 0.290 e. The molecule has 1 saturated heterocycles. The Labute approximate surface area is 162 Å². The quantitative estimate of drug-likeness (QED) is 0.497. The molecule has 2 amide bonds. The molecule has 1 fully saturated rings. The summed E-state index contributed by atoms with van der Waals surface area (Å²) >= 11 is 2.59. The number of fused-ring (bicyclic) bond motifs is 2. The van der Waals surface area contributed by atoms with Gasteiger partial charge < -0.3 is 0 Å². The Morgan fingerprint density at radius 1 is 1.00 bits per heavy atom. The molecule has 3 heterocycles. The molecule has 7 heteroatoms. The average molecular weight is 389 g/mol. The molecule has 0 radical (unpaired) electrons. The third kappa shape index (κ3) is 2.81. The number of rotatable bonds is 2. The lowest BCUT2D eigenvalue weighted by Gasteiger charge is -2.06. The predicted octanol–water partition coefficient (Wildman–Crippen LogP) is 4.84. The molecule has 0 unspecified atom stereocenters. The monoisotopic (exact) mass is 389 g/mol. The molecule has 4 aromatic rings. The maximum atomic E-state index is 11.8. The molecule has 1 aliphatic rings. The molecule has 0 atom stereocenters. The predicted molar refractivity (Wildman–Crippen MR) is 109 cm³/mol. The summed E-state index contributed by atoms with van der Waals surface area (Å²) in [7, 11) is 0. The first kappa shape index (κ1) is 16.2. The van der Waals surface area contributed by atoms with Crippen LogP contribution in [0.15, 0.2) is 59.1 Å². The molecule has 5 nitrogen and oxygen atoms in total. The molecule has 27 heavy (non-hydrogen) atoms. The summed E-state index contributed by atoms with van der Waals surface area (Å²) < 4.78 is 1.20. The van der Waals surface area contributed by atoms with E-state index >= 15 is 0 Å². The highest BCUT2D eigenvalue weighted by Crippen LogP contribution is 2.36. The summed E-state index contributed by atoms with van der Waals surface area (Å²) in [6.45, 7) is 0. The van der Waals surface area contributed by atoms with Crippen molar-refractivity contribution in [1.82, 2.24) is 15.3 Å². The molecule has 0 spiro atoms. The van der Waals surface area contributed by atoms with Gasteiger partial charge in [0.25, 0.3) is 11.1 Å². The van der Waals surface area contributed by atoms with Crippen LogP contribution >= 0.6 is 23.1 Å². The van der Waals surface area contributed by atoms with Crippen LogP contribution in [0.25, 0.3) is 38.3 Å². The molecule has 1 aliphatic heterocycles. The van der Waals surface area contributed by atoms with Crippen molar-refractivity contribution in [3.8, 4) is 11.3 Å². The smallest absolute Gasteiger partial charge is 0.282 e. The van der Waals surface area contributed by atoms with E-state index in [1.54, 1.807) is 23.7 Å². The van der Waals surface area contributed by atoms with E-state index in [2.05, 4.69) is 32.8 Å². The Balaban J connectivity index is 1.69. The van der Waals surface area contributed by atoms with E-state index in [1.807, 2.05) is 30.3 Å². The number of thioether (sulfide) groups is 1. The minimum atomic E-state index is -0.363. The van der Waals surface area contributed by atoms with Crippen molar-refractivity contribution in [2.45, 2.75) is 0 Å². The fourth-order valence-electron chi connectivity index (χ4n) is 3.11. The molecular formula is C20H11N3O2S2. The highest BCUT2D eigenvalue weighted by molar-refractivity contribution is 8.18. The van der Waals surface area contributed by atoms with Crippen molar-refractivity contribution in [2.75, 3.05) is 0 Å². The highest BCUT2D eigenvalue weighted by Gasteiger charge is 2.25. The van der Waals surface area contributed by atoms with Gasteiger partial charge in [-0.3, -0.25) is 14.9 Å². The normalized spacial score (nSPS) is 15.8. The Morgan fingerprint density at radius 3 is 2.74 bits per heavy atom. The first-order valence-electron chi connectivity index (χ1n) is 8.15. The Bertz CT molecular complexity index is 1280. The third-order valence-corrected chi connectivity index (χ3v) is 6.11. The molecule has 2 aromatic carbocycles. The molecule has 5 rings (SSSR count). The topological polar surface area (TPSA) is 72.0 Å². The third-order valence-electron chi connectivity index (χ3n) is 4.34. The van der Waals surface area contributed by atoms with Gasteiger partial charge in [-0.1, -0.05) is 24.3 Å². The minimum Gasteiger partial charge on any atom is -0.282 e. The SMILES string of the molecule is O=C1NC(=O)/C(=C/c2ccc3ncnc(-c4csc5ccccc45)c3c2)S1. The Hall–Kier alpha value is -3.03. The number of nitrogens with one attached hydrogen (secondary N) is 1. The molecular weight excluding hydrogens is 378 g/mol. The molecule has 1 N–H and O–H groups in total. The van der Waals surface area contributed by atoms with Gasteiger partial charge in [-0.15, -0.1) is 11.3 Å². The van der Waals surface area contributed by atoms with Crippen molar-refractivity contribution < 1.29 is 9.59 Å². The van der Waals surface area contributed by atoms with E-state index in [4.69, 9.17) is 0 Å². The molecule has 0 aliphatic carbocycles. The number of amides is 2. The van der Waals surface area contributed by atoms with E-state index in [1.165, 1.54) is 4.70 Å². The Morgan fingerprint density at radius 2 is 1.89 bits per heavy atom. The average Bonchev–Trinajstić information content (AvgIpc) is 3.24. The molecule has 0 saturated carbocycles. The lowest BCUT2D eigenvalue weighted by molar-refractivity contribution is -0.115. The number of aromatic nitrogens is 2. The van der Waals surface area contributed by atoms with Gasteiger partial charge in [-0.2, -0.15) is 0 Å². The van der Waals surface area contributed by atoms with Crippen LogP contribution in [-0.2, 0) is 4.79 Å². The van der Waals surface area contributed by atoms with Crippen LogP contribution in [-0.4, -0.2) is 21.1 Å². The van der Waals surface area contributed by atoms with Crippen LogP contribution < -0.4 is 5.32 Å². The zero-order chi connectivity index (χ0) is 18.4. The summed E-state index contributed by atoms with van der Waals surface area (Å²) in [6.07, 6.45) is 3.29. The standard InChI is InChI=1S/C20H11N3O2S2/c24-19-17(27-20(25)23-19)8-11-5-6-15-13(7-11)18(22-10-21-15)14-9-26-16-4-2-1-3-12(14)16/h1-10H,(H,23,24,25)/b17-8-. The summed E-state index contributed by atoms with van der Waals surface area (Å²) in [6, 6.07) is 14.0. The maximum absolute atomic E-state index is 11.8. The molecule has 0 bridgehead atoms. The second-order valence-corrected chi connectivity index (χ2v) is 7.92. The lowest BCUT2D eigenvalue weighted by atomic mass is 10.0. The number of nitrogens with zero attached hydrogens (tertiary/aromatic N) is 2. The van der Waals surface area contributed by atoms with Crippen molar-refractivity contribution in [1.29, 1.82) is 0 Å². The van der Waals surface area contributed by atoms with Gasteiger partial charge in [0.2, 0.25) is 0 Å². The number of benzene rings is 2. The van der Waals surface area contributed by atoms with Crippen LogP contribution in [0.2, 0.25) is 0 Å². The fourth-order valence-corrected chi connectivity index (χ4v) is 4.74. The highest BCUT2D eigenvalue weighted by atomic mass is 32.2. The second kappa shape index (κ2) is 6.29. The first-order valence-corrected chi connectivity index (χ1v) is 9.85. The van der Waals surface area contributed by atoms with E-state index < -0.39 is 0 Å². The first-order chi connectivity index (χ1) is 13.2. The van der Waals surface area contributed by atoms with Crippen LogP contribution in [0.1, 0.15) is 5.56 Å². The van der Waals surface area contributed by atoms with Crippen molar-refractivity contribution in [3.63, 3.8) is 0 Å². The van der Waals surface area contributed by atoms with Gasteiger partial charge in [-0.25, -0.2) is 9.97 Å². The number of thiophene rings is 1. The number of hydrogen-bond donors (Lipinski definition) is 1. The Kier molecular flexibility index (Phi) is 3.77. The largest absolute Gasteiger partial charge is 0.290 e. The van der Waals surface area contributed by atoms with Crippen molar-refractivity contribution >= 4 is 61.3 Å². The van der Waals surface area contributed by atoms with E-state index in [-0.39, 0.29) is 11.1 Å². The van der Waals surface area contributed by atoms with Gasteiger partial charge in [0.05, 0.1) is 16.1 Å². The van der Waals surface area contributed by atoms with Gasteiger partial charge >= 0.3 is 0 Å². The zero-order valence-corrected chi connectivity index (χ0v) is 15.4. The summed E-state index contributed by atoms with van der Waals surface area (Å²) in [5.74, 6) is -0.363. The minimum absolute atomic E-state index is 0.346. The molecule has 2 aromatic heterocycles. The summed E-state index contributed by atoms with van der Waals surface area (Å²) in [5.41, 5.74) is 3.58. The van der Waals surface area contributed by atoms with E-state index in [0.29, 0.717) is 4.91 Å². The van der Waals surface area contributed by atoms with E-state index in [0.717, 1.165) is 44.9 Å². The van der Waals surface area contributed by atoms with Crippen LogP contribution in [0.3, 0.4) is 0 Å². The van der Waals surface area contributed by atoms with Gasteiger partial charge in [0, 0.05) is 26.4 Å². The van der Waals surface area contributed by atoms with E-state index in [9.17, 15) is 9.59 Å². The summed E-state index contributed by atoms with van der Waals surface area (Å²) in [4.78, 5) is 32.5. The fraction of sp³-hybridized carbons (Fsp3) is 0. The van der Waals surface area contributed by atoms with Crippen LogP contribution in [0, 0.1) is 0 Å². The number of hydrogen-bond acceptors (Lipinski definition) is 6. The van der Waals surface area contributed by atoms with Crippen LogP contribution in [0.5, 0.6) is 0 Å².